The molecule has 168 valence electrons. The molecule has 0 radical (unpaired) electrons. The first-order chi connectivity index (χ1) is 14.4. The Hall–Kier alpha value is -2.28. The first-order valence-electron chi connectivity index (χ1n) is 9.79. The molecule has 2 amide bonds. The van der Waals surface area contributed by atoms with Crippen LogP contribution in [0.1, 0.15) is 50.5 Å². The second-order valence-electron chi connectivity index (χ2n) is 8.70. The third-order valence-electron chi connectivity index (χ3n) is 4.09. The smallest absolute Gasteiger partial charge is 0.426 e. The Kier molecular flexibility index (Phi) is 8.34. The molecule has 31 heavy (non-hydrogen) atoms. The van der Waals surface area contributed by atoms with Gasteiger partial charge < -0.3 is 9.47 Å². The molecular weight excluding hydrogens is 439 g/mol. The van der Waals surface area contributed by atoms with E-state index in [4.69, 9.17) is 32.7 Å². The van der Waals surface area contributed by atoms with E-state index in [9.17, 15) is 9.59 Å². The van der Waals surface area contributed by atoms with Crippen molar-refractivity contribution < 1.29 is 19.1 Å². The minimum Gasteiger partial charge on any atom is -0.443 e. The van der Waals surface area contributed by atoms with Crippen LogP contribution in [-0.2, 0) is 16.1 Å². The summed E-state index contributed by atoms with van der Waals surface area (Å²) in [6.45, 7) is 9.29. The normalized spacial score (nSPS) is 11.7. The molecule has 0 aliphatic carbocycles. The third kappa shape index (κ3) is 8.05. The molecule has 0 fully saturated rings. The number of amides is 2. The van der Waals surface area contributed by atoms with Gasteiger partial charge >= 0.3 is 6.09 Å². The molecule has 0 atom stereocenters. The number of halogens is 2. The zero-order valence-electron chi connectivity index (χ0n) is 18.4. The highest BCUT2D eigenvalue weighted by Gasteiger charge is 2.35. The summed E-state index contributed by atoms with van der Waals surface area (Å²) >= 11 is 12.1. The number of nitrogens with one attached hydrogen (secondary N) is 1. The average Bonchev–Trinajstić information content (AvgIpc) is 2.64. The average molecular weight is 467 g/mol. The number of ether oxygens (including phenoxy) is 2. The first-order valence-corrected chi connectivity index (χ1v) is 10.5. The summed E-state index contributed by atoms with van der Waals surface area (Å²) in [5.41, 5.74) is 2.13. The van der Waals surface area contributed by atoms with E-state index in [0.29, 0.717) is 16.7 Å². The molecule has 2 aromatic rings. The molecule has 1 N–H and O–H groups in total. The van der Waals surface area contributed by atoms with Gasteiger partial charge in [-0.2, -0.15) is 0 Å². The summed E-state index contributed by atoms with van der Waals surface area (Å²) in [6, 6.07) is 14.2. The van der Waals surface area contributed by atoms with Crippen LogP contribution >= 0.6 is 23.2 Å². The van der Waals surface area contributed by atoms with Gasteiger partial charge in [-0.25, -0.2) is 15.2 Å². The van der Waals surface area contributed by atoms with Crippen LogP contribution in [0.5, 0.6) is 0 Å². The Morgan fingerprint density at radius 1 is 0.968 bits per heavy atom. The van der Waals surface area contributed by atoms with Gasteiger partial charge in [0.1, 0.15) is 5.60 Å². The molecule has 0 spiro atoms. The predicted octanol–water partition coefficient (Wildman–Crippen LogP) is 5.87. The molecule has 0 unspecified atom stereocenters. The predicted molar refractivity (Wildman–Crippen MR) is 122 cm³/mol. The van der Waals surface area contributed by atoms with Crippen LogP contribution in [0, 0.1) is 0 Å². The lowest BCUT2D eigenvalue weighted by Crippen LogP contribution is -2.59. The van der Waals surface area contributed by atoms with Crippen LogP contribution < -0.4 is 5.43 Å². The number of nitrogens with zero attached hydrogens (tertiary/aromatic N) is 1. The standard InChI is InChI=1S/C23H28Cl2N2O4/c1-22(2,3)31-21(29)26-27(20(28)17-11-18(24)13-19(25)12-17)23(4,5)15-30-14-16-9-7-6-8-10-16/h6-13H,14-15H2,1-5H3,(H,26,29). The largest absolute Gasteiger partial charge is 0.443 e. The maximum atomic E-state index is 13.3. The van der Waals surface area contributed by atoms with E-state index in [0.717, 1.165) is 5.56 Å². The van der Waals surface area contributed by atoms with Crippen LogP contribution in [0.4, 0.5) is 4.79 Å². The van der Waals surface area contributed by atoms with Crippen molar-refractivity contribution in [3.05, 3.63) is 69.7 Å². The lowest BCUT2D eigenvalue weighted by molar-refractivity contribution is -0.0225. The Morgan fingerprint density at radius 2 is 1.55 bits per heavy atom. The molecule has 8 heteroatoms. The lowest BCUT2D eigenvalue weighted by atomic mass is 10.0. The Bertz CT molecular complexity index is 891. The molecule has 0 heterocycles. The van der Waals surface area contributed by atoms with Gasteiger partial charge in [-0.15, -0.1) is 0 Å². The number of hydrazine groups is 1. The van der Waals surface area contributed by atoms with Gasteiger partial charge in [-0.05, 0) is 58.4 Å². The van der Waals surface area contributed by atoms with E-state index in [1.54, 1.807) is 34.6 Å². The summed E-state index contributed by atoms with van der Waals surface area (Å²) in [5.74, 6) is -0.497. The quantitative estimate of drug-likeness (QED) is 0.540. The maximum Gasteiger partial charge on any atom is 0.426 e. The topological polar surface area (TPSA) is 67.9 Å². The minimum atomic E-state index is -0.919. The highest BCUT2D eigenvalue weighted by Crippen LogP contribution is 2.23. The summed E-state index contributed by atoms with van der Waals surface area (Å²) in [7, 11) is 0. The fourth-order valence-electron chi connectivity index (χ4n) is 2.73. The van der Waals surface area contributed by atoms with Gasteiger partial charge in [-0.3, -0.25) is 4.79 Å². The van der Waals surface area contributed by atoms with Gasteiger partial charge in [0, 0.05) is 15.6 Å². The monoisotopic (exact) mass is 466 g/mol. The van der Waals surface area contributed by atoms with Gasteiger partial charge in [0.05, 0.1) is 18.8 Å². The maximum absolute atomic E-state index is 13.3. The van der Waals surface area contributed by atoms with Crippen LogP contribution in [0.3, 0.4) is 0 Å². The van der Waals surface area contributed by atoms with Gasteiger partial charge in [0.25, 0.3) is 5.91 Å². The second-order valence-corrected chi connectivity index (χ2v) is 9.58. The molecule has 0 bridgehead atoms. The number of carbonyl (C=O) groups excluding carboxylic acids is 2. The van der Waals surface area contributed by atoms with Crippen molar-refractivity contribution in [2.45, 2.75) is 52.4 Å². The van der Waals surface area contributed by atoms with E-state index < -0.39 is 23.1 Å². The zero-order chi connectivity index (χ0) is 23.2. The summed E-state index contributed by atoms with van der Waals surface area (Å²) in [5, 5.41) is 1.81. The summed E-state index contributed by atoms with van der Waals surface area (Å²) in [6.07, 6.45) is -0.759. The van der Waals surface area contributed by atoms with Crippen molar-refractivity contribution in [1.29, 1.82) is 0 Å². The van der Waals surface area contributed by atoms with Crippen LogP contribution in [-0.4, -0.2) is 34.8 Å². The third-order valence-corrected chi connectivity index (χ3v) is 4.52. The fourth-order valence-corrected chi connectivity index (χ4v) is 3.26. The SMILES string of the molecule is CC(C)(C)OC(=O)NN(C(=O)c1cc(Cl)cc(Cl)c1)C(C)(C)COCc1ccccc1. The first kappa shape index (κ1) is 25.0. The number of rotatable bonds is 6. The van der Waals surface area contributed by atoms with Crippen molar-refractivity contribution in [2.75, 3.05) is 6.61 Å². The van der Waals surface area contributed by atoms with Crippen LogP contribution in [0.15, 0.2) is 48.5 Å². The number of benzene rings is 2. The highest BCUT2D eigenvalue weighted by atomic mass is 35.5. The Balaban J connectivity index is 2.23. The van der Waals surface area contributed by atoms with E-state index in [1.807, 2.05) is 30.3 Å². The number of hydrogen-bond acceptors (Lipinski definition) is 4. The Labute approximate surface area is 193 Å². The van der Waals surface area contributed by atoms with Crippen LogP contribution in [0.2, 0.25) is 10.0 Å². The van der Waals surface area contributed by atoms with Crippen molar-refractivity contribution >= 4 is 35.2 Å². The van der Waals surface area contributed by atoms with E-state index >= 15 is 0 Å². The molecule has 2 aromatic carbocycles. The van der Waals surface area contributed by atoms with Gasteiger partial charge in [-0.1, -0.05) is 53.5 Å². The molecule has 0 aliphatic rings. The van der Waals surface area contributed by atoms with E-state index in [-0.39, 0.29) is 12.2 Å². The molecule has 6 nitrogen and oxygen atoms in total. The van der Waals surface area contributed by atoms with Crippen molar-refractivity contribution in [3.8, 4) is 0 Å². The van der Waals surface area contributed by atoms with Crippen molar-refractivity contribution in [2.24, 2.45) is 0 Å². The summed E-state index contributed by atoms with van der Waals surface area (Å²) in [4.78, 5) is 25.8. The summed E-state index contributed by atoms with van der Waals surface area (Å²) < 4.78 is 11.2. The lowest BCUT2D eigenvalue weighted by Gasteiger charge is -2.38. The molecule has 0 saturated carbocycles. The molecule has 2 rings (SSSR count). The zero-order valence-corrected chi connectivity index (χ0v) is 19.9. The Morgan fingerprint density at radius 3 is 2.10 bits per heavy atom. The van der Waals surface area contributed by atoms with E-state index in [2.05, 4.69) is 5.43 Å². The molecule has 0 aliphatic heterocycles. The minimum absolute atomic E-state index is 0.151. The molecular formula is C23H28Cl2N2O4. The second kappa shape index (κ2) is 10.4. The van der Waals surface area contributed by atoms with E-state index in [1.165, 1.54) is 23.2 Å². The van der Waals surface area contributed by atoms with Crippen LogP contribution in [0.25, 0.3) is 0 Å². The van der Waals surface area contributed by atoms with Crippen molar-refractivity contribution in [1.82, 2.24) is 10.4 Å². The fraction of sp³-hybridized carbons (Fsp3) is 0.391. The number of carbonyl (C=O) groups is 2. The molecule has 0 saturated heterocycles. The van der Waals surface area contributed by atoms with Gasteiger partial charge in [0.2, 0.25) is 0 Å². The highest BCUT2D eigenvalue weighted by molar-refractivity contribution is 6.35. The number of hydrogen-bond donors (Lipinski definition) is 1. The van der Waals surface area contributed by atoms with Crippen molar-refractivity contribution in [3.63, 3.8) is 0 Å². The molecule has 0 aromatic heterocycles. The van der Waals surface area contributed by atoms with Gasteiger partial charge in [0.15, 0.2) is 0 Å².